The molecular formula is C22H32BN3O6. The van der Waals surface area contributed by atoms with Gasteiger partial charge in [-0.15, -0.1) is 0 Å². The Morgan fingerprint density at radius 3 is 2.06 bits per heavy atom. The molecule has 0 radical (unpaired) electrons. The van der Waals surface area contributed by atoms with Crippen molar-refractivity contribution in [3.8, 4) is 0 Å². The molecule has 1 aromatic carbocycles. The van der Waals surface area contributed by atoms with Gasteiger partial charge >= 0.3 is 13.2 Å². The number of carboxylic acid groups (broad SMARTS) is 1. The molecule has 9 nitrogen and oxygen atoms in total. The van der Waals surface area contributed by atoms with E-state index in [-0.39, 0.29) is 6.42 Å². The number of rotatable bonds is 7. The van der Waals surface area contributed by atoms with Crippen molar-refractivity contribution in [1.29, 1.82) is 0 Å². The third-order valence-corrected chi connectivity index (χ3v) is 6.83. The lowest BCUT2D eigenvalue weighted by Crippen LogP contribution is -2.60. The monoisotopic (exact) mass is 445 g/mol. The van der Waals surface area contributed by atoms with E-state index in [1.165, 1.54) is 0 Å². The van der Waals surface area contributed by atoms with Gasteiger partial charge in [0.05, 0.1) is 11.2 Å². The molecule has 3 amide bonds. The molecule has 1 aliphatic carbocycles. The van der Waals surface area contributed by atoms with Crippen LogP contribution in [0.25, 0.3) is 0 Å². The molecule has 1 heterocycles. The van der Waals surface area contributed by atoms with E-state index < -0.39 is 47.8 Å². The van der Waals surface area contributed by atoms with Crippen LogP contribution in [0.5, 0.6) is 0 Å². The summed E-state index contributed by atoms with van der Waals surface area (Å²) in [6, 6.07) is 6.44. The van der Waals surface area contributed by atoms with Crippen molar-refractivity contribution in [2.75, 3.05) is 0 Å². The summed E-state index contributed by atoms with van der Waals surface area (Å²) in [7, 11) is -0.495. The van der Waals surface area contributed by atoms with Crippen molar-refractivity contribution in [2.45, 2.75) is 82.6 Å². The lowest BCUT2D eigenvalue weighted by Gasteiger charge is -2.32. The maximum atomic E-state index is 12.9. The fraction of sp³-hybridized carbons (Fsp3) is 0.591. The van der Waals surface area contributed by atoms with E-state index in [1.54, 1.807) is 0 Å². The zero-order chi connectivity index (χ0) is 23.7. The largest absolute Gasteiger partial charge is 0.494 e. The van der Waals surface area contributed by atoms with Crippen LogP contribution in [0, 0.1) is 0 Å². The van der Waals surface area contributed by atoms with Crippen LogP contribution >= 0.6 is 0 Å². The number of carbonyl (C=O) groups excluding carboxylic acids is 2. The van der Waals surface area contributed by atoms with E-state index in [9.17, 15) is 14.4 Å². The van der Waals surface area contributed by atoms with Gasteiger partial charge in [-0.25, -0.2) is 4.79 Å². The molecule has 5 N–H and O–H groups in total. The van der Waals surface area contributed by atoms with Gasteiger partial charge in [0.25, 0.3) is 0 Å². The summed E-state index contributed by atoms with van der Waals surface area (Å²) in [6.07, 6.45) is 1.16. The van der Waals surface area contributed by atoms with Crippen LogP contribution in [0.4, 0.5) is 4.79 Å². The van der Waals surface area contributed by atoms with Crippen LogP contribution in [-0.2, 0) is 25.3 Å². The van der Waals surface area contributed by atoms with Gasteiger partial charge in [-0.3, -0.25) is 9.59 Å². The topological polar surface area (TPSA) is 140 Å². The van der Waals surface area contributed by atoms with Crippen LogP contribution in [0.1, 0.15) is 58.9 Å². The minimum absolute atomic E-state index is 0.188. The summed E-state index contributed by atoms with van der Waals surface area (Å²) in [5.41, 5.74) is 5.06. The molecule has 1 saturated carbocycles. The lowest BCUT2D eigenvalue weighted by molar-refractivity contribution is -0.131. The number of amides is 3. The fourth-order valence-corrected chi connectivity index (χ4v) is 4.14. The molecular weight excluding hydrogens is 413 g/mol. The molecule has 1 aromatic rings. The molecule has 0 aromatic heterocycles. The third kappa shape index (κ3) is 4.91. The van der Waals surface area contributed by atoms with Gasteiger partial charge < -0.3 is 30.8 Å². The summed E-state index contributed by atoms with van der Waals surface area (Å²) in [5, 5.41) is 14.1. The molecule has 1 atom stereocenters. The van der Waals surface area contributed by atoms with E-state index in [4.69, 9.17) is 20.1 Å². The molecule has 3 rings (SSSR count). The van der Waals surface area contributed by atoms with Crippen molar-refractivity contribution < 1.29 is 28.8 Å². The standard InChI is InChI=1S/C22H32BN3O6/c1-20(2)21(3,4)32-23(31-20)15-9-7-14(8-10-15)13-16(17(24)27)25-18(28)22(26-19(29)30)11-5-6-12-22/h7-10,16,26H,5-6,11-13H2,1-4H3,(H2,24,27)(H,25,28)(H,29,30). The van der Waals surface area contributed by atoms with Gasteiger partial charge in [0.15, 0.2) is 0 Å². The first-order valence-electron chi connectivity index (χ1n) is 10.9. The smallest absolute Gasteiger partial charge is 0.465 e. The summed E-state index contributed by atoms with van der Waals surface area (Å²) in [4.78, 5) is 36.1. The van der Waals surface area contributed by atoms with Gasteiger partial charge in [-0.05, 0) is 51.6 Å². The Balaban J connectivity index is 1.68. The summed E-state index contributed by atoms with van der Waals surface area (Å²) >= 11 is 0. The molecule has 174 valence electrons. The normalized spacial score (nSPS) is 21.7. The Morgan fingerprint density at radius 1 is 1.06 bits per heavy atom. The Hall–Kier alpha value is -2.59. The van der Waals surface area contributed by atoms with Gasteiger partial charge in [0.2, 0.25) is 11.8 Å². The minimum atomic E-state index is -1.27. The number of hydrogen-bond acceptors (Lipinski definition) is 5. The SMILES string of the molecule is CC1(C)OB(c2ccc(CC(NC(=O)C3(NC(=O)O)CCCC3)C(N)=O)cc2)OC1(C)C. The quantitative estimate of drug-likeness (QED) is 0.463. The number of benzene rings is 1. The highest BCUT2D eigenvalue weighted by molar-refractivity contribution is 6.62. The minimum Gasteiger partial charge on any atom is -0.465 e. The molecule has 10 heteroatoms. The molecule has 32 heavy (non-hydrogen) atoms. The van der Waals surface area contributed by atoms with Gasteiger partial charge in [0, 0.05) is 6.42 Å². The van der Waals surface area contributed by atoms with Crippen molar-refractivity contribution in [3.63, 3.8) is 0 Å². The Kier molecular flexibility index (Phi) is 6.58. The highest BCUT2D eigenvalue weighted by Gasteiger charge is 2.51. The fourth-order valence-electron chi connectivity index (χ4n) is 4.14. The first kappa shape index (κ1) is 24.1. The van der Waals surface area contributed by atoms with Gasteiger partial charge in [-0.2, -0.15) is 0 Å². The highest BCUT2D eigenvalue weighted by atomic mass is 16.7. The predicted octanol–water partition coefficient (Wildman–Crippen LogP) is 1.08. The summed E-state index contributed by atoms with van der Waals surface area (Å²) in [5.74, 6) is -1.20. The first-order chi connectivity index (χ1) is 14.9. The predicted molar refractivity (Wildman–Crippen MR) is 119 cm³/mol. The maximum Gasteiger partial charge on any atom is 0.494 e. The van der Waals surface area contributed by atoms with E-state index in [2.05, 4.69) is 10.6 Å². The highest BCUT2D eigenvalue weighted by Crippen LogP contribution is 2.36. The molecule has 2 aliphatic rings. The van der Waals surface area contributed by atoms with Crippen LogP contribution in [-0.4, -0.2) is 52.9 Å². The number of hydrogen-bond donors (Lipinski definition) is 4. The zero-order valence-electron chi connectivity index (χ0n) is 19.1. The van der Waals surface area contributed by atoms with Crippen LogP contribution < -0.4 is 21.8 Å². The van der Waals surface area contributed by atoms with Crippen molar-refractivity contribution in [1.82, 2.24) is 10.6 Å². The second-order valence-corrected chi connectivity index (χ2v) is 9.68. The molecule has 1 aliphatic heterocycles. The van der Waals surface area contributed by atoms with Crippen molar-refractivity contribution >= 4 is 30.5 Å². The van der Waals surface area contributed by atoms with Crippen molar-refractivity contribution in [3.05, 3.63) is 29.8 Å². The van der Waals surface area contributed by atoms with Crippen LogP contribution in [0.3, 0.4) is 0 Å². The summed E-state index contributed by atoms with van der Waals surface area (Å²) in [6.45, 7) is 7.94. The first-order valence-corrected chi connectivity index (χ1v) is 10.9. The molecule has 2 fully saturated rings. The molecule has 1 saturated heterocycles. The van der Waals surface area contributed by atoms with Crippen LogP contribution in [0.2, 0.25) is 0 Å². The van der Waals surface area contributed by atoms with E-state index in [0.29, 0.717) is 12.8 Å². The summed E-state index contributed by atoms with van der Waals surface area (Å²) < 4.78 is 12.1. The van der Waals surface area contributed by atoms with Gasteiger partial charge in [0.1, 0.15) is 11.6 Å². The average Bonchev–Trinajstić information content (AvgIpc) is 3.23. The number of carbonyl (C=O) groups is 3. The molecule has 0 spiro atoms. The third-order valence-electron chi connectivity index (χ3n) is 6.83. The molecule has 1 unspecified atom stereocenters. The number of nitrogens with one attached hydrogen (secondary N) is 2. The van der Waals surface area contributed by atoms with Crippen molar-refractivity contribution in [2.24, 2.45) is 5.73 Å². The Morgan fingerprint density at radius 2 is 1.59 bits per heavy atom. The van der Waals surface area contributed by atoms with E-state index >= 15 is 0 Å². The van der Waals surface area contributed by atoms with Crippen LogP contribution in [0.15, 0.2) is 24.3 Å². The second-order valence-electron chi connectivity index (χ2n) is 9.68. The Bertz CT molecular complexity index is 864. The van der Waals surface area contributed by atoms with E-state index in [1.807, 2.05) is 52.0 Å². The number of nitrogens with two attached hydrogens (primary N) is 1. The maximum absolute atomic E-state index is 12.9. The van der Waals surface area contributed by atoms with E-state index in [0.717, 1.165) is 23.9 Å². The zero-order valence-corrected chi connectivity index (χ0v) is 19.1. The second kappa shape index (κ2) is 8.75. The van der Waals surface area contributed by atoms with Gasteiger partial charge in [-0.1, -0.05) is 37.1 Å². The number of primary amides is 1. The molecule has 0 bridgehead atoms. The Labute approximate surface area is 188 Å². The lowest BCUT2D eigenvalue weighted by atomic mass is 9.78. The average molecular weight is 445 g/mol.